The molecule has 4 rings (SSSR count). The molecule has 132 valence electrons. The number of aromatic nitrogens is 5. The number of nitrogens with zero attached hydrogens (tertiary/aromatic N) is 6. The summed E-state index contributed by atoms with van der Waals surface area (Å²) < 4.78 is 1.94. The second kappa shape index (κ2) is 7.03. The van der Waals surface area contributed by atoms with E-state index < -0.39 is 0 Å². The van der Waals surface area contributed by atoms with Gasteiger partial charge in [-0.15, -0.1) is 0 Å². The fourth-order valence-corrected chi connectivity index (χ4v) is 3.47. The minimum atomic E-state index is 0.0187. The van der Waals surface area contributed by atoms with Gasteiger partial charge < -0.3 is 9.47 Å². The quantitative estimate of drug-likeness (QED) is 0.726. The Bertz CT molecular complexity index is 907. The van der Waals surface area contributed by atoms with Crippen LogP contribution in [0.5, 0.6) is 0 Å². The van der Waals surface area contributed by atoms with E-state index in [-0.39, 0.29) is 11.8 Å². The highest BCUT2D eigenvalue weighted by Crippen LogP contribution is 2.31. The van der Waals surface area contributed by atoms with Crippen LogP contribution in [-0.2, 0) is 7.05 Å². The maximum atomic E-state index is 12.8. The Kier molecular flexibility index (Phi) is 4.43. The van der Waals surface area contributed by atoms with Crippen molar-refractivity contribution in [2.45, 2.75) is 18.8 Å². The maximum Gasteiger partial charge on any atom is 0.255 e. The third-order valence-electron chi connectivity index (χ3n) is 4.76. The Morgan fingerprint density at radius 2 is 2.04 bits per heavy atom. The van der Waals surface area contributed by atoms with Gasteiger partial charge in [-0.25, -0.2) is 9.97 Å². The zero-order chi connectivity index (χ0) is 17.9. The van der Waals surface area contributed by atoms with Crippen LogP contribution in [0.15, 0.2) is 49.3 Å². The Morgan fingerprint density at radius 1 is 1.15 bits per heavy atom. The van der Waals surface area contributed by atoms with Crippen LogP contribution in [0.2, 0.25) is 0 Å². The molecule has 1 unspecified atom stereocenters. The van der Waals surface area contributed by atoms with E-state index in [9.17, 15) is 4.79 Å². The van der Waals surface area contributed by atoms with Crippen molar-refractivity contribution in [2.24, 2.45) is 7.05 Å². The standard InChI is InChI=1S/C19H20N6O/c1-24-11-9-23-18(24)17-16(21-7-8-22-17)15-5-3-10-25(13-15)19(26)14-4-2-6-20-12-14/h2,4,6-9,11-12,15H,3,5,10,13H2,1H3. The van der Waals surface area contributed by atoms with Gasteiger partial charge in [0.25, 0.3) is 5.91 Å². The lowest BCUT2D eigenvalue weighted by Crippen LogP contribution is -2.39. The van der Waals surface area contributed by atoms with Crippen molar-refractivity contribution in [1.29, 1.82) is 0 Å². The summed E-state index contributed by atoms with van der Waals surface area (Å²) in [5, 5.41) is 0. The molecule has 1 amide bonds. The molecule has 3 aromatic heterocycles. The Balaban J connectivity index is 1.61. The Labute approximate surface area is 151 Å². The number of carbonyl (C=O) groups is 1. The van der Waals surface area contributed by atoms with Crippen molar-refractivity contribution < 1.29 is 4.79 Å². The van der Waals surface area contributed by atoms with E-state index in [2.05, 4.69) is 19.9 Å². The number of hydrogen-bond donors (Lipinski definition) is 0. The summed E-state index contributed by atoms with van der Waals surface area (Å²) in [6, 6.07) is 3.59. The molecule has 0 aliphatic carbocycles. The first-order valence-corrected chi connectivity index (χ1v) is 8.72. The lowest BCUT2D eigenvalue weighted by molar-refractivity contribution is 0.0705. The van der Waals surface area contributed by atoms with Crippen molar-refractivity contribution >= 4 is 5.91 Å². The number of rotatable bonds is 3. The Morgan fingerprint density at radius 3 is 2.81 bits per heavy atom. The molecule has 0 N–H and O–H groups in total. The summed E-state index contributed by atoms with van der Waals surface area (Å²) in [5.41, 5.74) is 2.32. The largest absolute Gasteiger partial charge is 0.338 e. The number of likely N-dealkylation sites (tertiary alicyclic amines) is 1. The third-order valence-corrected chi connectivity index (χ3v) is 4.76. The molecule has 1 fully saturated rings. The zero-order valence-electron chi connectivity index (χ0n) is 14.6. The molecule has 0 saturated carbocycles. The topological polar surface area (TPSA) is 76.8 Å². The number of pyridine rings is 1. The van der Waals surface area contributed by atoms with Crippen LogP contribution in [0.1, 0.15) is 34.8 Å². The monoisotopic (exact) mass is 348 g/mol. The molecule has 3 aromatic rings. The second-order valence-electron chi connectivity index (χ2n) is 6.48. The summed E-state index contributed by atoms with van der Waals surface area (Å²) in [6.07, 6.45) is 12.3. The van der Waals surface area contributed by atoms with E-state index in [1.54, 1.807) is 43.1 Å². The van der Waals surface area contributed by atoms with Crippen LogP contribution in [0.3, 0.4) is 0 Å². The van der Waals surface area contributed by atoms with Crippen molar-refractivity contribution in [3.8, 4) is 11.5 Å². The number of amides is 1. The molecule has 0 bridgehead atoms. The fraction of sp³-hybridized carbons (Fsp3) is 0.316. The van der Waals surface area contributed by atoms with Gasteiger partial charge in [0.05, 0.1) is 11.3 Å². The molecule has 1 aliphatic heterocycles. The molecule has 0 spiro atoms. The van der Waals surface area contributed by atoms with Crippen LogP contribution in [0.25, 0.3) is 11.5 Å². The second-order valence-corrected chi connectivity index (χ2v) is 6.48. The summed E-state index contributed by atoms with van der Waals surface area (Å²) in [5.74, 6) is 0.957. The summed E-state index contributed by atoms with van der Waals surface area (Å²) in [6.45, 7) is 1.38. The molecule has 1 atom stereocenters. The van der Waals surface area contributed by atoms with Gasteiger partial charge in [0.15, 0.2) is 5.82 Å². The minimum absolute atomic E-state index is 0.0187. The van der Waals surface area contributed by atoms with Gasteiger partial charge in [0.1, 0.15) is 5.69 Å². The van der Waals surface area contributed by atoms with Crippen LogP contribution in [0, 0.1) is 0 Å². The van der Waals surface area contributed by atoms with E-state index in [1.165, 1.54) is 0 Å². The molecular weight excluding hydrogens is 328 g/mol. The highest BCUT2D eigenvalue weighted by molar-refractivity contribution is 5.94. The molecular formula is C19H20N6O. The SMILES string of the molecule is Cn1ccnc1-c1nccnc1C1CCCN(C(=O)c2cccnc2)C1. The van der Waals surface area contributed by atoms with Crippen LogP contribution in [-0.4, -0.2) is 48.4 Å². The number of piperidine rings is 1. The van der Waals surface area contributed by atoms with Crippen molar-refractivity contribution in [2.75, 3.05) is 13.1 Å². The first-order chi connectivity index (χ1) is 12.7. The highest BCUT2D eigenvalue weighted by atomic mass is 16.2. The third kappa shape index (κ3) is 3.08. The lowest BCUT2D eigenvalue weighted by Gasteiger charge is -2.33. The summed E-state index contributed by atoms with van der Waals surface area (Å²) in [4.78, 5) is 32.3. The fourth-order valence-electron chi connectivity index (χ4n) is 3.47. The van der Waals surface area contributed by atoms with Gasteiger partial charge in [-0.2, -0.15) is 0 Å². The predicted molar refractivity (Wildman–Crippen MR) is 96.3 cm³/mol. The lowest BCUT2D eigenvalue weighted by atomic mass is 9.92. The average molecular weight is 348 g/mol. The predicted octanol–water partition coefficient (Wildman–Crippen LogP) is 2.29. The maximum absolute atomic E-state index is 12.8. The van der Waals surface area contributed by atoms with Crippen molar-refractivity contribution in [3.63, 3.8) is 0 Å². The van der Waals surface area contributed by atoms with Gasteiger partial charge in [-0.1, -0.05) is 0 Å². The van der Waals surface area contributed by atoms with Crippen LogP contribution < -0.4 is 0 Å². The average Bonchev–Trinajstić information content (AvgIpc) is 3.14. The van der Waals surface area contributed by atoms with Crippen molar-refractivity contribution in [1.82, 2.24) is 29.4 Å². The zero-order valence-corrected chi connectivity index (χ0v) is 14.6. The smallest absolute Gasteiger partial charge is 0.255 e. The number of imidazole rings is 1. The molecule has 7 nitrogen and oxygen atoms in total. The first kappa shape index (κ1) is 16.4. The first-order valence-electron chi connectivity index (χ1n) is 8.72. The Hall–Kier alpha value is -3.09. The number of carbonyl (C=O) groups excluding carboxylic acids is 1. The van der Waals surface area contributed by atoms with Crippen LogP contribution in [0.4, 0.5) is 0 Å². The summed E-state index contributed by atoms with van der Waals surface area (Å²) in [7, 11) is 1.94. The number of aryl methyl sites for hydroxylation is 1. The van der Waals surface area contributed by atoms with E-state index in [0.29, 0.717) is 12.1 Å². The molecule has 1 saturated heterocycles. The molecule has 1 aliphatic rings. The normalized spacial score (nSPS) is 17.3. The number of hydrogen-bond acceptors (Lipinski definition) is 5. The van der Waals surface area contributed by atoms with Gasteiger partial charge in [0.2, 0.25) is 0 Å². The molecule has 0 aromatic carbocycles. The van der Waals surface area contributed by atoms with Gasteiger partial charge in [-0.05, 0) is 25.0 Å². The molecule has 7 heteroatoms. The molecule has 26 heavy (non-hydrogen) atoms. The van der Waals surface area contributed by atoms with Crippen molar-refractivity contribution in [3.05, 3.63) is 60.6 Å². The van der Waals surface area contributed by atoms with Gasteiger partial charge in [-0.3, -0.25) is 14.8 Å². The van der Waals surface area contributed by atoms with E-state index in [0.717, 1.165) is 36.6 Å². The van der Waals surface area contributed by atoms with E-state index in [1.807, 2.05) is 22.7 Å². The van der Waals surface area contributed by atoms with Gasteiger partial charge >= 0.3 is 0 Å². The molecule has 4 heterocycles. The highest BCUT2D eigenvalue weighted by Gasteiger charge is 2.29. The summed E-state index contributed by atoms with van der Waals surface area (Å²) >= 11 is 0. The minimum Gasteiger partial charge on any atom is -0.338 e. The van der Waals surface area contributed by atoms with E-state index >= 15 is 0 Å². The molecule has 0 radical (unpaired) electrons. The van der Waals surface area contributed by atoms with Gasteiger partial charge in [0, 0.05) is 63.2 Å². The van der Waals surface area contributed by atoms with Crippen LogP contribution >= 0.6 is 0 Å². The van der Waals surface area contributed by atoms with E-state index in [4.69, 9.17) is 0 Å².